The molecule has 40 heavy (non-hydrogen) atoms. The van der Waals surface area contributed by atoms with Crippen molar-refractivity contribution in [3.05, 3.63) is 32.1 Å². The monoisotopic (exact) mass is 595 g/mol. The lowest BCUT2D eigenvalue weighted by Crippen LogP contribution is -2.69. The molecule has 11 nitrogen and oxygen atoms in total. The van der Waals surface area contributed by atoms with Crippen molar-refractivity contribution < 1.29 is 34.8 Å². The molecule has 1 aromatic heterocycles. The lowest BCUT2D eigenvalue weighted by atomic mass is 9.99. The molecule has 1 aliphatic rings. The number of aliphatic hydroxyl groups excluding tert-OH is 2. The Morgan fingerprint density at radius 3 is 1.95 bits per heavy atom. The molecule has 1 aliphatic heterocycles. The minimum atomic E-state index is -3.35. The molecule has 0 spiro atoms. The van der Waals surface area contributed by atoms with Gasteiger partial charge in [0, 0.05) is 6.20 Å². The summed E-state index contributed by atoms with van der Waals surface area (Å²) in [6.45, 7) is 1.27. The Morgan fingerprint density at radius 2 is 1.48 bits per heavy atom. The number of nitrogens with zero attached hydrogens (tertiary/aromatic N) is 2. The van der Waals surface area contributed by atoms with Gasteiger partial charge in [0.05, 0.1) is 6.61 Å². The fourth-order valence-electron chi connectivity index (χ4n) is 5.16. The molecule has 0 aromatic carbocycles. The van der Waals surface area contributed by atoms with E-state index in [1.807, 2.05) is 0 Å². The number of aliphatic hydroxyl groups is 4. The zero-order valence-electron chi connectivity index (χ0n) is 23.4. The van der Waals surface area contributed by atoms with E-state index in [2.05, 4.69) is 6.92 Å². The largest absolute Gasteiger partial charge is 0.394 e. The average molecular weight is 596 g/mol. The van der Waals surface area contributed by atoms with Crippen molar-refractivity contribution in [2.45, 2.75) is 140 Å². The molecule has 1 saturated heterocycles. The van der Waals surface area contributed by atoms with Gasteiger partial charge in [0.2, 0.25) is 5.72 Å². The fourth-order valence-corrected chi connectivity index (χ4v) is 5.31. The van der Waals surface area contributed by atoms with Gasteiger partial charge in [0.15, 0.2) is 6.30 Å². The SMILES string of the molecule is CCCCCCCCCCCCCCCCCC(F)N(O)[C@@]1(O)[C@H](O)[C@@H](CO)O[C@@]1(O)n1cc(Cl)c(=O)[nH]c1=O. The van der Waals surface area contributed by atoms with Gasteiger partial charge in [-0.3, -0.25) is 9.78 Å². The van der Waals surface area contributed by atoms with Crippen LogP contribution in [0.15, 0.2) is 15.8 Å². The summed E-state index contributed by atoms with van der Waals surface area (Å²) in [7, 11) is 0. The van der Waals surface area contributed by atoms with Gasteiger partial charge in [-0.2, -0.15) is 0 Å². The maximum absolute atomic E-state index is 15.1. The van der Waals surface area contributed by atoms with Gasteiger partial charge < -0.3 is 30.4 Å². The predicted octanol–water partition coefficient (Wildman–Crippen LogP) is 3.48. The summed E-state index contributed by atoms with van der Waals surface area (Å²) in [6, 6.07) is 0. The number of halogens is 2. The van der Waals surface area contributed by atoms with E-state index in [1.165, 1.54) is 57.8 Å². The number of rotatable bonds is 20. The van der Waals surface area contributed by atoms with E-state index in [4.69, 9.17) is 16.3 Å². The molecule has 0 radical (unpaired) electrons. The number of hydrogen-bond donors (Lipinski definition) is 6. The van der Waals surface area contributed by atoms with Gasteiger partial charge in [-0.15, -0.1) is 5.06 Å². The van der Waals surface area contributed by atoms with Crippen molar-refractivity contribution in [3.8, 4) is 0 Å². The third kappa shape index (κ3) is 8.57. The maximum Gasteiger partial charge on any atom is 0.332 e. The molecule has 6 N–H and O–H groups in total. The van der Waals surface area contributed by atoms with E-state index in [-0.39, 0.29) is 16.1 Å². The molecule has 232 valence electrons. The van der Waals surface area contributed by atoms with Crippen LogP contribution in [0.5, 0.6) is 0 Å². The van der Waals surface area contributed by atoms with Crippen LogP contribution in [0.3, 0.4) is 0 Å². The first kappa shape index (κ1) is 34.8. The van der Waals surface area contributed by atoms with Crippen LogP contribution in [0.25, 0.3) is 0 Å². The highest BCUT2D eigenvalue weighted by Crippen LogP contribution is 2.44. The average Bonchev–Trinajstić information content (AvgIpc) is 3.14. The standard InChI is InChI=1S/C27H47ClFN3O8/c1-2-3-4-5-6-7-8-9-10-11-12-13-14-15-16-17-22(29)32(39)26(37)23(34)21(19-33)40-27(26,38)31-18-20(28)24(35)30-25(31)36/h18,21-23,33-34,37-39H,2-17,19H2,1H3,(H,30,35,36)/t21-,22?,23-,26-,27-/m1/s1. The molecular weight excluding hydrogens is 549 g/mol. The van der Waals surface area contributed by atoms with Crippen molar-refractivity contribution >= 4 is 11.6 Å². The van der Waals surface area contributed by atoms with Crippen LogP contribution in [0, 0.1) is 0 Å². The summed E-state index contributed by atoms with van der Waals surface area (Å²) in [5.41, 5.74) is -5.68. The highest BCUT2D eigenvalue weighted by Gasteiger charge is 2.71. The second-order valence-corrected chi connectivity index (χ2v) is 11.1. The number of aromatic nitrogens is 2. The lowest BCUT2D eigenvalue weighted by molar-refractivity contribution is -0.428. The topological polar surface area (TPSA) is 168 Å². The highest BCUT2D eigenvalue weighted by atomic mass is 35.5. The number of ether oxygens (including phenoxy) is 1. The van der Waals surface area contributed by atoms with Gasteiger partial charge in [-0.05, 0) is 12.8 Å². The van der Waals surface area contributed by atoms with E-state index in [0.29, 0.717) is 19.0 Å². The van der Waals surface area contributed by atoms with Gasteiger partial charge >= 0.3 is 11.6 Å². The molecule has 2 rings (SSSR count). The Morgan fingerprint density at radius 1 is 1.00 bits per heavy atom. The van der Waals surface area contributed by atoms with Gasteiger partial charge in [0.1, 0.15) is 17.2 Å². The fraction of sp³-hybridized carbons (Fsp3) is 0.852. The van der Waals surface area contributed by atoms with E-state index in [0.717, 1.165) is 25.7 Å². The van der Waals surface area contributed by atoms with Crippen LogP contribution in [0.4, 0.5) is 4.39 Å². The lowest BCUT2D eigenvalue weighted by Gasteiger charge is -2.43. The van der Waals surface area contributed by atoms with E-state index >= 15 is 4.39 Å². The smallest absolute Gasteiger partial charge is 0.332 e. The second kappa shape index (κ2) is 16.9. The summed E-state index contributed by atoms with van der Waals surface area (Å²) in [6.07, 6.45) is 10.9. The number of H-pyrrole nitrogens is 1. The van der Waals surface area contributed by atoms with E-state index in [1.54, 1.807) is 4.98 Å². The third-order valence-corrected chi connectivity index (χ3v) is 7.89. The van der Waals surface area contributed by atoms with Crippen molar-refractivity contribution in [2.24, 2.45) is 0 Å². The Labute approximate surface area is 239 Å². The molecule has 0 bridgehead atoms. The first-order valence-electron chi connectivity index (χ1n) is 14.6. The number of nitrogens with one attached hydrogen (secondary N) is 1. The van der Waals surface area contributed by atoms with Gasteiger partial charge in [-0.1, -0.05) is 108 Å². The molecule has 1 unspecified atom stereocenters. The Kier molecular flexibility index (Phi) is 14.7. The summed E-state index contributed by atoms with van der Waals surface area (Å²) in [5, 5.41) is 52.1. The van der Waals surface area contributed by atoms with E-state index in [9.17, 15) is 35.2 Å². The van der Waals surface area contributed by atoms with Crippen molar-refractivity contribution in [2.75, 3.05) is 6.61 Å². The number of aromatic amines is 1. The molecule has 0 saturated carbocycles. The normalized spacial score (nSPS) is 25.6. The zero-order valence-corrected chi connectivity index (χ0v) is 24.2. The van der Waals surface area contributed by atoms with E-state index < -0.39 is 53.0 Å². The van der Waals surface area contributed by atoms with Crippen LogP contribution in [0.2, 0.25) is 5.02 Å². The molecule has 1 fully saturated rings. The van der Waals surface area contributed by atoms with Gasteiger partial charge in [-0.25, -0.2) is 13.8 Å². The minimum absolute atomic E-state index is 0.208. The Bertz CT molecular complexity index is 997. The molecule has 2 heterocycles. The van der Waals surface area contributed by atoms with Crippen molar-refractivity contribution in [3.63, 3.8) is 0 Å². The van der Waals surface area contributed by atoms with Crippen molar-refractivity contribution in [1.29, 1.82) is 0 Å². The first-order valence-corrected chi connectivity index (χ1v) is 15.0. The molecule has 13 heteroatoms. The highest BCUT2D eigenvalue weighted by molar-refractivity contribution is 6.30. The Hall–Kier alpha value is -1.38. The summed E-state index contributed by atoms with van der Waals surface area (Å²) < 4.78 is 20.4. The van der Waals surface area contributed by atoms with Gasteiger partial charge in [0.25, 0.3) is 5.56 Å². The third-order valence-electron chi connectivity index (χ3n) is 7.63. The van der Waals surface area contributed by atoms with Crippen molar-refractivity contribution in [1.82, 2.24) is 14.6 Å². The zero-order chi connectivity index (χ0) is 29.8. The molecule has 5 atom stereocenters. The second-order valence-electron chi connectivity index (χ2n) is 10.7. The Balaban J connectivity index is 1.81. The number of hydrogen-bond acceptors (Lipinski definition) is 9. The van der Waals surface area contributed by atoms with Crippen LogP contribution in [0.1, 0.15) is 110 Å². The molecule has 0 amide bonds. The predicted molar refractivity (Wildman–Crippen MR) is 148 cm³/mol. The minimum Gasteiger partial charge on any atom is -0.394 e. The van der Waals surface area contributed by atoms with Crippen LogP contribution in [-0.4, -0.2) is 71.1 Å². The van der Waals surface area contributed by atoms with Crippen LogP contribution < -0.4 is 11.2 Å². The maximum atomic E-state index is 15.1. The summed E-state index contributed by atoms with van der Waals surface area (Å²) in [4.78, 5) is 25.8. The first-order chi connectivity index (χ1) is 19.0. The quantitative estimate of drug-likeness (QED) is 0.0572. The summed E-state index contributed by atoms with van der Waals surface area (Å²) in [5.74, 6) is -3.32. The van der Waals surface area contributed by atoms with Crippen LogP contribution in [-0.2, 0) is 10.6 Å². The number of hydroxylamine groups is 2. The molecule has 1 aromatic rings. The number of unbranched alkanes of at least 4 members (excludes halogenated alkanes) is 14. The summed E-state index contributed by atoms with van der Waals surface area (Å²) >= 11 is 5.73. The number of alkyl halides is 1. The molecular formula is C27H47ClFN3O8. The van der Waals surface area contributed by atoms with Crippen LogP contribution >= 0.6 is 11.6 Å². The molecule has 0 aliphatic carbocycles.